The lowest BCUT2D eigenvalue weighted by atomic mass is 10.0. The molecular formula is C15H28N2O3. The first kappa shape index (κ1) is 15.6. The Kier molecular flexibility index (Phi) is 6.60. The van der Waals surface area contributed by atoms with E-state index in [0.717, 1.165) is 38.9 Å². The monoisotopic (exact) mass is 284 g/mol. The number of likely N-dealkylation sites (tertiary alicyclic amines) is 2. The van der Waals surface area contributed by atoms with Gasteiger partial charge in [-0.25, -0.2) is 4.79 Å². The first-order valence-electron chi connectivity index (χ1n) is 8.08. The lowest BCUT2D eigenvalue weighted by Gasteiger charge is -2.35. The van der Waals surface area contributed by atoms with E-state index in [2.05, 4.69) is 4.90 Å². The molecule has 0 radical (unpaired) electrons. The highest BCUT2D eigenvalue weighted by Crippen LogP contribution is 2.17. The molecular weight excluding hydrogens is 256 g/mol. The highest BCUT2D eigenvalue weighted by Gasteiger charge is 2.24. The van der Waals surface area contributed by atoms with Crippen LogP contribution in [0.3, 0.4) is 0 Å². The smallest absolute Gasteiger partial charge is 0.409 e. The molecule has 1 N–H and O–H groups in total. The van der Waals surface area contributed by atoms with Crippen molar-refractivity contribution in [1.82, 2.24) is 9.80 Å². The number of ether oxygens (including phenoxy) is 1. The van der Waals surface area contributed by atoms with E-state index >= 15 is 0 Å². The van der Waals surface area contributed by atoms with Crippen LogP contribution < -0.4 is 0 Å². The number of nitrogens with zero attached hydrogens (tertiary/aromatic N) is 2. The number of carbonyl (C=O) groups is 1. The molecule has 0 aliphatic carbocycles. The Labute approximate surface area is 121 Å². The summed E-state index contributed by atoms with van der Waals surface area (Å²) in [6.07, 6.45) is 7.90. The highest BCUT2D eigenvalue weighted by atomic mass is 16.6. The first-order valence-corrected chi connectivity index (χ1v) is 8.08. The van der Waals surface area contributed by atoms with Gasteiger partial charge < -0.3 is 14.7 Å². The molecule has 0 saturated carbocycles. The van der Waals surface area contributed by atoms with E-state index in [-0.39, 0.29) is 18.7 Å². The average molecular weight is 284 g/mol. The summed E-state index contributed by atoms with van der Waals surface area (Å²) in [7, 11) is 0. The summed E-state index contributed by atoms with van der Waals surface area (Å²) in [4.78, 5) is 16.2. The lowest BCUT2D eigenvalue weighted by Crippen LogP contribution is -2.45. The molecule has 5 heteroatoms. The number of amides is 1. The SMILES string of the molecule is O=C(OCC1CCCCN1CCO)N1CCCCCC1. The fraction of sp³-hybridized carbons (Fsp3) is 0.933. The van der Waals surface area contributed by atoms with Crippen molar-refractivity contribution >= 4 is 6.09 Å². The van der Waals surface area contributed by atoms with Gasteiger partial charge in [-0.15, -0.1) is 0 Å². The molecule has 1 amide bonds. The van der Waals surface area contributed by atoms with E-state index in [1.165, 1.54) is 25.7 Å². The average Bonchev–Trinajstić information content (AvgIpc) is 2.75. The molecule has 1 atom stereocenters. The second-order valence-corrected chi connectivity index (χ2v) is 5.89. The van der Waals surface area contributed by atoms with Gasteiger partial charge in [0.25, 0.3) is 0 Å². The van der Waals surface area contributed by atoms with Gasteiger partial charge in [0.05, 0.1) is 6.61 Å². The summed E-state index contributed by atoms with van der Waals surface area (Å²) in [5.41, 5.74) is 0. The zero-order valence-electron chi connectivity index (χ0n) is 12.4. The molecule has 2 aliphatic heterocycles. The second kappa shape index (κ2) is 8.47. The van der Waals surface area contributed by atoms with Gasteiger partial charge in [0.15, 0.2) is 0 Å². The van der Waals surface area contributed by atoms with Crippen molar-refractivity contribution in [3.05, 3.63) is 0 Å². The molecule has 2 aliphatic rings. The van der Waals surface area contributed by atoms with E-state index < -0.39 is 0 Å². The molecule has 0 spiro atoms. The summed E-state index contributed by atoms with van der Waals surface area (Å²) in [5.74, 6) is 0. The molecule has 0 aromatic heterocycles. The van der Waals surface area contributed by atoms with Crippen LogP contribution in [0.15, 0.2) is 0 Å². The number of rotatable bonds is 4. The Balaban J connectivity index is 1.75. The van der Waals surface area contributed by atoms with Gasteiger partial charge in [0.1, 0.15) is 6.61 Å². The van der Waals surface area contributed by atoms with Crippen molar-refractivity contribution in [3.8, 4) is 0 Å². The van der Waals surface area contributed by atoms with Crippen LogP contribution in [0.5, 0.6) is 0 Å². The van der Waals surface area contributed by atoms with E-state index in [0.29, 0.717) is 13.2 Å². The number of hydrogen-bond acceptors (Lipinski definition) is 4. The molecule has 2 heterocycles. The van der Waals surface area contributed by atoms with E-state index in [1.54, 1.807) is 0 Å². The van der Waals surface area contributed by atoms with Crippen LogP contribution >= 0.6 is 0 Å². The molecule has 116 valence electrons. The van der Waals surface area contributed by atoms with Gasteiger partial charge in [0.2, 0.25) is 0 Å². The Hall–Kier alpha value is -0.810. The molecule has 1 unspecified atom stereocenters. The molecule has 20 heavy (non-hydrogen) atoms. The molecule has 2 rings (SSSR count). The third-order valence-electron chi connectivity index (χ3n) is 4.40. The van der Waals surface area contributed by atoms with Crippen LogP contribution in [0.25, 0.3) is 0 Å². The minimum absolute atomic E-state index is 0.151. The molecule has 2 fully saturated rings. The quantitative estimate of drug-likeness (QED) is 0.856. The highest BCUT2D eigenvalue weighted by molar-refractivity contribution is 5.67. The first-order chi connectivity index (χ1) is 9.81. The Morgan fingerprint density at radius 1 is 1.05 bits per heavy atom. The van der Waals surface area contributed by atoms with E-state index in [1.807, 2.05) is 4.90 Å². The minimum atomic E-state index is -0.151. The zero-order chi connectivity index (χ0) is 14.2. The fourth-order valence-corrected chi connectivity index (χ4v) is 3.18. The van der Waals surface area contributed by atoms with Crippen LogP contribution in [-0.2, 0) is 4.74 Å². The molecule has 2 saturated heterocycles. The number of β-amino-alcohol motifs (C(OH)–C–C–N with tert-alkyl or cyclic N) is 1. The van der Waals surface area contributed by atoms with Crippen LogP contribution in [0, 0.1) is 0 Å². The summed E-state index contributed by atoms with van der Waals surface area (Å²) in [5, 5.41) is 9.09. The largest absolute Gasteiger partial charge is 0.448 e. The molecule has 0 aromatic rings. The van der Waals surface area contributed by atoms with Crippen molar-refractivity contribution < 1.29 is 14.6 Å². The minimum Gasteiger partial charge on any atom is -0.448 e. The maximum atomic E-state index is 12.1. The van der Waals surface area contributed by atoms with Gasteiger partial charge in [-0.2, -0.15) is 0 Å². The van der Waals surface area contributed by atoms with Crippen molar-refractivity contribution in [3.63, 3.8) is 0 Å². The van der Waals surface area contributed by atoms with E-state index in [4.69, 9.17) is 9.84 Å². The van der Waals surface area contributed by atoms with Crippen LogP contribution in [0.1, 0.15) is 44.9 Å². The summed E-state index contributed by atoms with van der Waals surface area (Å²) >= 11 is 0. The van der Waals surface area contributed by atoms with Crippen molar-refractivity contribution in [2.24, 2.45) is 0 Å². The van der Waals surface area contributed by atoms with E-state index in [9.17, 15) is 4.79 Å². The summed E-state index contributed by atoms with van der Waals surface area (Å²) < 4.78 is 5.52. The Morgan fingerprint density at radius 3 is 2.45 bits per heavy atom. The van der Waals surface area contributed by atoms with Crippen molar-refractivity contribution in [1.29, 1.82) is 0 Å². The molecule has 0 aromatic carbocycles. The van der Waals surface area contributed by atoms with Crippen LogP contribution in [-0.4, -0.2) is 66.4 Å². The molecule has 0 bridgehead atoms. The van der Waals surface area contributed by atoms with Crippen LogP contribution in [0.4, 0.5) is 4.79 Å². The zero-order valence-corrected chi connectivity index (χ0v) is 12.4. The Morgan fingerprint density at radius 2 is 1.75 bits per heavy atom. The van der Waals surface area contributed by atoms with Gasteiger partial charge in [-0.05, 0) is 32.2 Å². The number of aliphatic hydroxyl groups excluding tert-OH is 1. The lowest BCUT2D eigenvalue weighted by molar-refractivity contribution is 0.0430. The number of aliphatic hydroxyl groups is 1. The summed E-state index contributed by atoms with van der Waals surface area (Å²) in [6, 6.07) is 0.284. The number of hydrogen-bond donors (Lipinski definition) is 1. The van der Waals surface area contributed by atoms with Crippen molar-refractivity contribution in [2.75, 3.05) is 39.4 Å². The summed E-state index contributed by atoms with van der Waals surface area (Å²) in [6.45, 7) is 4.01. The number of carbonyl (C=O) groups excluding carboxylic acids is 1. The fourth-order valence-electron chi connectivity index (χ4n) is 3.18. The van der Waals surface area contributed by atoms with Gasteiger partial charge in [0, 0.05) is 25.7 Å². The van der Waals surface area contributed by atoms with Gasteiger partial charge in [-0.1, -0.05) is 19.3 Å². The van der Waals surface area contributed by atoms with Gasteiger partial charge in [-0.3, -0.25) is 4.90 Å². The number of piperidine rings is 1. The Bertz CT molecular complexity index is 289. The predicted molar refractivity (Wildman–Crippen MR) is 77.7 cm³/mol. The predicted octanol–water partition coefficient (Wildman–Crippen LogP) is 1.85. The molecule has 5 nitrogen and oxygen atoms in total. The van der Waals surface area contributed by atoms with Crippen LogP contribution in [0.2, 0.25) is 0 Å². The third-order valence-corrected chi connectivity index (χ3v) is 4.40. The topological polar surface area (TPSA) is 53.0 Å². The third kappa shape index (κ3) is 4.63. The van der Waals surface area contributed by atoms with Crippen molar-refractivity contribution in [2.45, 2.75) is 51.0 Å². The maximum absolute atomic E-state index is 12.1. The normalized spacial score (nSPS) is 25.2. The van der Waals surface area contributed by atoms with Gasteiger partial charge >= 0.3 is 6.09 Å². The maximum Gasteiger partial charge on any atom is 0.409 e. The standard InChI is InChI=1S/C15H28N2O3/c18-12-11-16-8-6-3-7-14(16)13-20-15(19)17-9-4-1-2-5-10-17/h14,18H,1-13H2. The second-order valence-electron chi connectivity index (χ2n) is 5.89.